The summed E-state index contributed by atoms with van der Waals surface area (Å²) in [5, 5.41) is 0. The summed E-state index contributed by atoms with van der Waals surface area (Å²) in [5.74, 6) is 1.70. The first kappa shape index (κ1) is 25.7. The molecule has 1 unspecified atom stereocenters. The van der Waals surface area contributed by atoms with Gasteiger partial charge in [-0.2, -0.15) is 0 Å². The molecular formula is C26H38BrNO3. The van der Waals surface area contributed by atoms with E-state index in [1.807, 2.05) is 12.1 Å². The van der Waals surface area contributed by atoms with Crippen LogP contribution in [0, 0.1) is 0 Å². The highest BCUT2D eigenvalue weighted by Gasteiger charge is 2.11. The number of hydrogen-bond donors (Lipinski definition) is 1. The predicted molar refractivity (Wildman–Crippen MR) is 132 cm³/mol. The number of ether oxygens (including phenoxy) is 3. The SMILES string of the molecule is COc1cc(CCC(N)CCCCCOCCCCc2ccccc2)c(OC)cc1Br. The van der Waals surface area contributed by atoms with Crippen molar-refractivity contribution in [1.82, 2.24) is 0 Å². The predicted octanol–water partition coefficient (Wildman–Crippen LogP) is 6.33. The fourth-order valence-corrected chi connectivity index (χ4v) is 4.16. The maximum Gasteiger partial charge on any atom is 0.133 e. The molecule has 0 saturated heterocycles. The molecular weight excluding hydrogens is 454 g/mol. The smallest absolute Gasteiger partial charge is 0.133 e. The van der Waals surface area contributed by atoms with Crippen LogP contribution in [0.1, 0.15) is 56.1 Å². The highest BCUT2D eigenvalue weighted by Crippen LogP contribution is 2.33. The molecule has 0 bridgehead atoms. The Labute approximate surface area is 196 Å². The Morgan fingerprint density at radius 2 is 1.52 bits per heavy atom. The van der Waals surface area contributed by atoms with E-state index in [0.717, 1.165) is 79.7 Å². The minimum Gasteiger partial charge on any atom is -0.496 e. The number of halogens is 1. The molecule has 0 amide bonds. The number of hydrogen-bond acceptors (Lipinski definition) is 4. The van der Waals surface area contributed by atoms with E-state index in [1.54, 1.807) is 14.2 Å². The van der Waals surface area contributed by atoms with Crippen molar-refractivity contribution < 1.29 is 14.2 Å². The zero-order valence-electron chi connectivity index (χ0n) is 19.1. The lowest BCUT2D eigenvalue weighted by Crippen LogP contribution is -2.20. The van der Waals surface area contributed by atoms with Gasteiger partial charge in [0.15, 0.2) is 0 Å². The van der Waals surface area contributed by atoms with Gasteiger partial charge in [0, 0.05) is 19.3 Å². The second kappa shape index (κ2) is 15.3. The van der Waals surface area contributed by atoms with E-state index < -0.39 is 0 Å². The fourth-order valence-electron chi connectivity index (χ4n) is 3.67. The number of nitrogens with two attached hydrogens (primary N) is 1. The molecule has 2 N–H and O–H groups in total. The summed E-state index contributed by atoms with van der Waals surface area (Å²) in [7, 11) is 3.37. The molecule has 172 valence electrons. The van der Waals surface area contributed by atoms with Gasteiger partial charge in [0.1, 0.15) is 11.5 Å². The molecule has 31 heavy (non-hydrogen) atoms. The molecule has 0 saturated carbocycles. The Bertz CT molecular complexity index is 739. The van der Waals surface area contributed by atoms with Gasteiger partial charge in [-0.15, -0.1) is 0 Å². The fraction of sp³-hybridized carbons (Fsp3) is 0.538. The molecule has 1 atom stereocenters. The first-order valence-electron chi connectivity index (χ1n) is 11.4. The average molecular weight is 492 g/mol. The van der Waals surface area contributed by atoms with Gasteiger partial charge in [-0.1, -0.05) is 43.2 Å². The zero-order chi connectivity index (χ0) is 22.3. The van der Waals surface area contributed by atoms with Gasteiger partial charge in [-0.25, -0.2) is 0 Å². The molecule has 0 radical (unpaired) electrons. The van der Waals surface area contributed by atoms with Crippen LogP contribution < -0.4 is 15.2 Å². The van der Waals surface area contributed by atoms with Crippen molar-refractivity contribution in [2.45, 2.75) is 63.8 Å². The van der Waals surface area contributed by atoms with Crippen molar-refractivity contribution in [3.63, 3.8) is 0 Å². The minimum absolute atomic E-state index is 0.207. The van der Waals surface area contributed by atoms with Gasteiger partial charge in [-0.05, 0) is 84.1 Å². The first-order valence-corrected chi connectivity index (χ1v) is 12.2. The monoisotopic (exact) mass is 491 g/mol. The van der Waals surface area contributed by atoms with Crippen LogP contribution in [0.15, 0.2) is 46.9 Å². The van der Waals surface area contributed by atoms with Gasteiger partial charge in [-0.3, -0.25) is 0 Å². The van der Waals surface area contributed by atoms with E-state index in [2.05, 4.69) is 46.3 Å². The van der Waals surface area contributed by atoms with Crippen molar-refractivity contribution in [1.29, 1.82) is 0 Å². The van der Waals surface area contributed by atoms with Crippen molar-refractivity contribution in [2.75, 3.05) is 27.4 Å². The summed E-state index contributed by atoms with van der Waals surface area (Å²) >= 11 is 3.50. The van der Waals surface area contributed by atoms with Crippen molar-refractivity contribution >= 4 is 15.9 Å². The van der Waals surface area contributed by atoms with Crippen LogP contribution in [0.4, 0.5) is 0 Å². The zero-order valence-corrected chi connectivity index (χ0v) is 20.7. The molecule has 0 aliphatic rings. The standard InChI is InChI=1S/C26H38BrNO3/c1-29-25-20-24(27)26(30-2)19-22(25)15-16-23(28)14-7-4-9-17-31-18-10-8-13-21-11-5-3-6-12-21/h3,5-6,11-12,19-20,23H,4,7-10,13-18,28H2,1-2H3. The van der Waals surface area contributed by atoms with Crippen LogP contribution in [-0.4, -0.2) is 33.5 Å². The molecule has 0 fully saturated rings. The van der Waals surface area contributed by atoms with Crippen molar-refractivity contribution in [3.8, 4) is 11.5 Å². The van der Waals surface area contributed by atoms with Gasteiger partial charge >= 0.3 is 0 Å². The summed E-state index contributed by atoms with van der Waals surface area (Å²) in [6.45, 7) is 1.72. The second-order valence-corrected chi connectivity index (χ2v) is 8.86. The van der Waals surface area contributed by atoms with Crippen molar-refractivity contribution in [2.24, 2.45) is 5.73 Å². The third kappa shape index (κ3) is 10.1. The lowest BCUT2D eigenvalue weighted by Gasteiger charge is -2.15. The van der Waals surface area contributed by atoms with E-state index in [4.69, 9.17) is 19.9 Å². The molecule has 0 aliphatic carbocycles. The maximum atomic E-state index is 6.34. The Balaban J connectivity index is 1.49. The summed E-state index contributed by atoms with van der Waals surface area (Å²) < 4.78 is 17.6. The summed E-state index contributed by atoms with van der Waals surface area (Å²) in [4.78, 5) is 0. The van der Waals surface area contributed by atoms with E-state index in [9.17, 15) is 0 Å². The Morgan fingerprint density at radius 1 is 0.806 bits per heavy atom. The largest absolute Gasteiger partial charge is 0.496 e. The normalized spacial score (nSPS) is 12.0. The Hall–Kier alpha value is -1.56. The molecule has 0 aliphatic heterocycles. The highest BCUT2D eigenvalue weighted by molar-refractivity contribution is 9.10. The summed E-state index contributed by atoms with van der Waals surface area (Å²) in [5.41, 5.74) is 8.90. The van der Waals surface area contributed by atoms with Crippen LogP contribution in [0.3, 0.4) is 0 Å². The molecule has 0 aromatic heterocycles. The Kier molecular flexibility index (Phi) is 12.7. The van der Waals surface area contributed by atoms with Gasteiger partial charge in [0.2, 0.25) is 0 Å². The number of unbranched alkanes of at least 4 members (excludes halogenated alkanes) is 3. The van der Waals surface area contributed by atoms with E-state index in [0.29, 0.717) is 0 Å². The minimum atomic E-state index is 0.207. The third-order valence-electron chi connectivity index (χ3n) is 5.55. The first-order chi connectivity index (χ1) is 15.1. The van der Waals surface area contributed by atoms with E-state index >= 15 is 0 Å². The lowest BCUT2D eigenvalue weighted by atomic mass is 10.0. The molecule has 2 rings (SSSR count). The number of methoxy groups -OCH3 is 2. The molecule has 2 aromatic rings. The third-order valence-corrected chi connectivity index (χ3v) is 6.17. The van der Waals surface area contributed by atoms with Crippen LogP contribution in [0.2, 0.25) is 0 Å². The molecule has 5 heteroatoms. The van der Waals surface area contributed by atoms with Gasteiger partial charge < -0.3 is 19.9 Å². The highest BCUT2D eigenvalue weighted by atomic mass is 79.9. The topological polar surface area (TPSA) is 53.7 Å². The summed E-state index contributed by atoms with van der Waals surface area (Å²) in [6, 6.07) is 14.9. The molecule has 4 nitrogen and oxygen atoms in total. The lowest BCUT2D eigenvalue weighted by molar-refractivity contribution is 0.126. The van der Waals surface area contributed by atoms with Crippen molar-refractivity contribution in [3.05, 3.63) is 58.1 Å². The molecule has 0 heterocycles. The van der Waals surface area contributed by atoms with Crippen LogP contribution in [0.5, 0.6) is 11.5 Å². The van der Waals surface area contributed by atoms with E-state index in [-0.39, 0.29) is 6.04 Å². The maximum absolute atomic E-state index is 6.34. The van der Waals surface area contributed by atoms with Crippen LogP contribution in [-0.2, 0) is 17.6 Å². The van der Waals surface area contributed by atoms with Crippen LogP contribution >= 0.6 is 15.9 Å². The Morgan fingerprint density at radius 3 is 2.23 bits per heavy atom. The number of aryl methyl sites for hydroxylation is 2. The average Bonchev–Trinajstić information content (AvgIpc) is 2.79. The van der Waals surface area contributed by atoms with Crippen LogP contribution in [0.25, 0.3) is 0 Å². The molecule has 0 spiro atoms. The second-order valence-electron chi connectivity index (χ2n) is 8.00. The van der Waals surface area contributed by atoms with Gasteiger partial charge in [0.25, 0.3) is 0 Å². The number of benzene rings is 2. The van der Waals surface area contributed by atoms with Gasteiger partial charge in [0.05, 0.1) is 18.7 Å². The number of rotatable bonds is 16. The molecule has 2 aromatic carbocycles. The quantitative estimate of drug-likeness (QED) is 0.279. The summed E-state index contributed by atoms with van der Waals surface area (Å²) in [6.07, 6.45) is 9.78. The van der Waals surface area contributed by atoms with E-state index in [1.165, 1.54) is 18.4 Å².